The van der Waals surface area contributed by atoms with Crippen molar-refractivity contribution in [3.8, 4) is 0 Å². The lowest BCUT2D eigenvalue weighted by Crippen LogP contribution is -2.51. The van der Waals surface area contributed by atoms with E-state index in [9.17, 15) is 13.2 Å². The van der Waals surface area contributed by atoms with Crippen LogP contribution in [0.3, 0.4) is 0 Å². The van der Waals surface area contributed by atoms with Crippen molar-refractivity contribution in [2.75, 3.05) is 9.21 Å². The minimum Gasteiger partial charge on any atom is -0.287 e. The zero-order valence-electron chi connectivity index (χ0n) is 15.7. The van der Waals surface area contributed by atoms with Crippen LogP contribution in [0.4, 0.5) is 16.2 Å². The van der Waals surface area contributed by atoms with E-state index in [0.29, 0.717) is 11.4 Å². The van der Waals surface area contributed by atoms with Gasteiger partial charge in [-0.1, -0.05) is 60.7 Å². The van der Waals surface area contributed by atoms with E-state index in [1.807, 2.05) is 62.4 Å². The minimum absolute atomic E-state index is 0.133. The molecule has 0 aliphatic carbocycles. The van der Waals surface area contributed by atoms with Crippen molar-refractivity contribution in [3.05, 3.63) is 89.5 Å². The van der Waals surface area contributed by atoms with E-state index in [1.165, 1.54) is 4.90 Å². The molecule has 0 fully saturated rings. The third-order valence-corrected chi connectivity index (χ3v) is 6.63. The molecule has 5 nitrogen and oxygen atoms in total. The van der Waals surface area contributed by atoms with Gasteiger partial charge in [0.15, 0.2) is 0 Å². The van der Waals surface area contributed by atoms with Crippen LogP contribution in [0.5, 0.6) is 0 Å². The molecule has 1 aliphatic rings. The van der Waals surface area contributed by atoms with Gasteiger partial charge < -0.3 is 0 Å². The van der Waals surface area contributed by atoms with E-state index in [1.54, 1.807) is 24.3 Å². The van der Waals surface area contributed by atoms with Crippen molar-refractivity contribution in [1.29, 1.82) is 0 Å². The first-order valence-corrected chi connectivity index (χ1v) is 10.4. The lowest BCUT2D eigenvalue weighted by Gasteiger charge is -2.37. The third kappa shape index (κ3) is 2.86. The number of carbonyl (C=O) groups is 1. The molecule has 0 atom stereocenters. The Hall–Kier alpha value is -3.12. The van der Waals surface area contributed by atoms with Gasteiger partial charge in [-0.25, -0.2) is 13.2 Å². The molecule has 0 saturated carbocycles. The molecule has 1 heterocycles. The summed E-state index contributed by atoms with van der Waals surface area (Å²) < 4.78 is 27.7. The monoisotopic (exact) mass is 392 g/mol. The van der Waals surface area contributed by atoms with Crippen LogP contribution in [-0.4, -0.2) is 14.4 Å². The van der Waals surface area contributed by atoms with E-state index in [2.05, 4.69) is 0 Å². The standard InChI is InChI=1S/C22H20N2O3S/c1-16-9-8-10-17(2)21(16)24-22(25)23(15-18-11-4-3-5-12-18)19-13-6-7-14-20(19)28(24,26)27/h3-14H,15H2,1-2H3. The first-order chi connectivity index (χ1) is 13.4. The van der Waals surface area contributed by atoms with Crippen LogP contribution in [-0.2, 0) is 16.6 Å². The Labute approximate surface area is 164 Å². The molecule has 0 aromatic heterocycles. The minimum atomic E-state index is -4.01. The third-order valence-electron chi connectivity index (χ3n) is 4.91. The summed E-state index contributed by atoms with van der Waals surface area (Å²) in [5.41, 5.74) is 3.21. The van der Waals surface area contributed by atoms with Gasteiger partial charge in [0.2, 0.25) is 0 Å². The quantitative estimate of drug-likeness (QED) is 0.652. The fourth-order valence-corrected chi connectivity index (χ4v) is 5.30. The molecule has 6 heteroatoms. The van der Waals surface area contributed by atoms with E-state index >= 15 is 0 Å². The van der Waals surface area contributed by atoms with Crippen molar-refractivity contribution in [1.82, 2.24) is 0 Å². The normalized spacial score (nSPS) is 15.4. The molecule has 4 rings (SSSR count). The van der Waals surface area contributed by atoms with Crippen LogP contribution >= 0.6 is 0 Å². The van der Waals surface area contributed by atoms with E-state index in [4.69, 9.17) is 0 Å². The molecule has 3 aromatic rings. The van der Waals surface area contributed by atoms with E-state index in [-0.39, 0.29) is 11.4 Å². The largest absolute Gasteiger partial charge is 0.343 e. The van der Waals surface area contributed by atoms with Gasteiger partial charge in [-0.3, -0.25) is 4.90 Å². The molecule has 0 bridgehead atoms. The predicted octanol–water partition coefficient (Wildman–Crippen LogP) is 4.64. The lowest BCUT2D eigenvalue weighted by atomic mass is 10.1. The average Bonchev–Trinajstić information content (AvgIpc) is 2.68. The highest BCUT2D eigenvalue weighted by Crippen LogP contribution is 2.40. The summed E-state index contributed by atoms with van der Waals surface area (Å²) in [6.07, 6.45) is 0. The number of urea groups is 1. The second-order valence-electron chi connectivity index (χ2n) is 6.83. The van der Waals surface area contributed by atoms with Crippen LogP contribution < -0.4 is 9.21 Å². The average molecular weight is 392 g/mol. The van der Waals surface area contributed by atoms with Crippen molar-refractivity contribution >= 4 is 27.4 Å². The Morgan fingerprint density at radius 1 is 0.786 bits per heavy atom. The van der Waals surface area contributed by atoms with E-state index in [0.717, 1.165) is 21.0 Å². The summed E-state index contributed by atoms with van der Waals surface area (Å²) in [7, 11) is -4.01. The van der Waals surface area contributed by atoms with Gasteiger partial charge in [0, 0.05) is 0 Å². The Kier molecular flexibility index (Phi) is 4.43. The number of benzene rings is 3. The SMILES string of the molecule is Cc1cccc(C)c1N1C(=O)N(Cc2ccccc2)c2ccccc2S1(=O)=O. The Balaban J connectivity index is 1.93. The summed E-state index contributed by atoms with van der Waals surface area (Å²) in [6.45, 7) is 3.91. The number of amides is 2. The summed E-state index contributed by atoms with van der Waals surface area (Å²) in [6, 6.07) is 21.1. The number of hydrogen-bond donors (Lipinski definition) is 0. The molecule has 0 unspecified atom stereocenters. The van der Waals surface area contributed by atoms with Crippen molar-refractivity contribution in [2.24, 2.45) is 0 Å². The highest BCUT2D eigenvalue weighted by molar-refractivity contribution is 7.94. The molecule has 28 heavy (non-hydrogen) atoms. The number of sulfonamides is 1. The van der Waals surface area contributed by atoms with Crippen LogP contribution in [0, 0.1) is 13.8 Å². The highest BCUT2D eigenvalue weighted by atomic mass is 32.2. The summed E-state index contributed by atoms with van der Waals surface area (Å²) in [5.74, 6) is 0. The van der Waals surface area contributed by atoms with Gasteiger partial charge in [-0.05, 0) is 42.7 Å². The number of rotatable bonds is 3. The first-order valence-electron chi connectivity index (χ1n) is 8.97. The number of hydrogen-bond acceptors (Lipinski definition) is 3. The van der Waals surface area contributed by atoms with Gasteiger partial charge in [0.05, 0.1) is 17.9 Å². The maximum absolute atomic E-state index is 13.5. The van der Waals surface area contributed by atoms with Gasteiger partial charge in [0.1, 0.15) is 4.90 Å². The van der Waals surface area contributed by atoms with Crippen molar-refractivity contribution in [3.63, 3.8) is 0 Å². The molecule has 1 aliphatic heterocycles. The smallest absolute Gasteiger partial charge is 0.287 e. The van der Waals surface area contributed by atoms with Crippen molar-refractivity contribution in [2.45, 2.75) is 25.3 Å². The number of aryl methyl sites for hydroxylation is 2. The predicted molar refractivity (Wildman–Crippen MR) is 110 cm³/mol. The maximum Gasteiger partial charge on any atom is 0.343 e. The number of carbonyl (C=O) groups excluding carboxylic acids is 1. The van der Waals surface area contributed by atoms with E-state index < -0.39 is 16.1 Å². The molecular weight excluding hydrogens is 372 g/mol. The Morgan fingerprint density at radius 3 is 2.07 bits per heavy atom. The van der Waals surface area contributed by atoms with Crippen LogP contribution in [0.2, 0.25) is 0 Å². The lowest BCUT2D eigenvalue weighted by molar-refractivity contribution is 0.253. The first kappa shape index (κ1) is 18.3. The Bertz CT molecular complexity index is 1140. The molecule has 0 spiro atoms. The summed E-state index contributed by atoms with van der Waals surface area (Å²) >= 11 is 0. The second kappa shape index (κ2) is 6.80. The molecule has 0 radical (unpaired) electrons. The molecular formula is C22H20N2O3S. The Morgan fingerprint density at radius 2 is 1.39 bits per heavy atom. The van der Waals surface area contributed by atoms with Gasteiger partial charge in [-0.2, -0.15) is 4.31 Å². The molecule has 0 saturated heterocycles. The van der Waals surface area contributed by atoms with Crippen LogP contribution in [0.1, 0.15) is 16.7 Å². The number of nitrogens with zero attached hydrogens (tertiary/aromatic N) is 2. The van der Waals surface area contributed by atoms with Crippen molar-refractivity contribution < 1.29 is 13.2 Å². The highest BCUT2D eigenvalue weighted by Gasteiger charge is 2.43. The molecule has 142 valence electrons. The van der Waals surface area contributed by atoms with Gasteiger partial charge >= 0.3 is 6.03 Å². The zero-order chi connectivity index (χ0) is 19.9. The topological polar surface area (TPSA) is 57.7 Å². The van der Waals surface area contributed by atoms with Crippen LogP contribution in [0.25, 0.3) is 0 Å². The van der Waals surface area contributed by atoms with Gasteiger partial charge in [-0.15, -0.1) is 0 Å². The molecule has 3 aromatic carbocycles. The van der Waals surface area contributed by atoms with Gasteiger partial charge in [0.25, 0.3) is 10.0 Å². The summed E-state index contributed by atoms with van der Waals surface area (Å²) in [5, 5.41) is 0. The molecule has 2 amide bonds. The summed E-state index contributed by atoms with van der Waals surface area (Å²) in [4.78, 5) is 15.1. The maximum atomic E-state index is 13.5. The number of anilines is 2. The number of fused-ring (bicyclic) bond motifs is 1. The second-order valence-corrected chi connectivity index (χ2v) is 8.59. The molecule has 0 N–H and O–H groups in total. The number of para-hydroxylation sites is 2. The zero-order valence-corrected chi connectivity index (χ0v) is 16.5. The van der Waals surface area contributed by atoms with Crippen LogP contribution in [0.15, 0.2) is 77.7 Å². The fraction of sp³-hybridized carbons (Fsp3) is 0.136. The fourth-order valence-electron chi connectivity index (χ4n) is 3.57.